The van der Waals surface area contributed by atoms with E-state index in [9.17, 15) is 4.79 Å². The molecule has 0 N–H and O–H groups in total. The first-order chi connectivity index (χ1) is 12.2. The van der Waals surface area contributed by atoms with Gasteiger partial charge in [0.05, 0.1) is 25.7 Å². The van der Waals surface area contributed by atoms with Crippen LogP contribution in [0.4, 0.5) is 5.69 Å². The fourth-order valence-electron chi connectivity index (χ4n) is 3.12. The maximum absolute atomic E-state index is 13.3. The molecule has 5 nitrogen and oxygen atoms in total. The number of hydrogen-bond acceptors (Lipinski definition) is 3. The monoisotopic (exact) mass is 397 g/mol. The molecule has 1 aliphatic rings. The topological polar surface area (TPSA) is 47.4 Å². The smallest absolute Gasteiger partial charge is 0.255 e. The van der Waals surface area contributed by atoms with Gasteiger partial charge in [0.15, 0.2) is 0 Å². The molecule has 1 aliphatic heterocycles. The quantitative estimate of drug-likeness (QED) is 0.675. The molecule has 0 saturated heterocycles. The third kappa shape index (κ3) is 2.82. The zero-order valence-electron chi connectivity index (χ0n) is 13.6. The second-order valence-corrected chi connectivity index (χ2v) is 6.78. The van der Waals surface area contributed by atoms with Crippen molar-refractivity contribution in [3.05, 3.63) is 76.8 Å². The van der Waals surface area contributed by atoms with E-state index in [0.717, 1.165) is 27.2 Å². The lowest BCUT2D eigenvalue weighted by Crippen LogP contribution is -2.42. The molecule has 126 valence electrons. The second-order valence-electron chi connectivity index (χ2n) is 5.87. The highest BCUT2D eigenvalue weighted by Gasteiger charge is 2.34. The van der Waals surface area contributed by atoms with E-state index in [0.29, 0.717) is 6.54 Å². The minimum atomic E-state index is -0.415. The van der Waals surface area contributed by atoms with Gasteiger partial charge in [0.25, 0.3) is 5.91 Å². The molecule has 0 saturated carbocycles. The number of halogens is 1. The Morgan fingerprint density at radius 1 is 1.12 bits per heavy atom. The molecular weight excluding hydrogens is 382 g/mol. The van der Waals surface area contributed by atoms with Gasteiger partial charge in [-0.1, -0.05) is 28.1 Å². The Balaban J connectivity index is 1.76. The number of ether oxygens (including phenoxy) is 1. The van der Waals surface area contributed by atoms with Crippen molar-refractivity contribution in [2.45, 2.75) is 12.6 Å². The van der Waals surface area contributed by atoms with E-state index in [-0.39, 0.29) is 5.91 Å². The summed E-state index contributed by atoms with van der Waals surface area (Å²) in [7, 11) is 1.63. The first kappa shape index (κ1) is 15.9. The average Bonchev–Trinajstić information content (AvgIpc) is 3.10. The Bertz CT molecular complexity index is 903. The summed E-state index contributed by atoms with van der Waals surface area (Å²) in [6.07, 6.45) is 3.54. The summed E-state index contributed by atoms with van der Waals surface area (Å²) in [4.78, 5) is 19.3. The number of aromatic nitrogens is 2. The highest BCUT2D eigenvalue weighted by molar-refractivity contribution is 9.10. The van der Waals surface area contributed by atoms with Crippen LogP contribution in [-0.4, -0.2) is 22.6 Å². The number of carbonyl (C=O) groups is 1. The fraction of sp³-hybridized carbons (Fsp3) is 0.158. The highest BCUT2D eigenvalue weighted by Crippen LogP contribution is 2.32. The van der Waals surface area contributed by atoms with Crippen molar-refractivity contribution in [1.82, 2.24) is 9.55 Å². The number of imidazole rings is 1. The number of benzene rings is 2. The lowest BCUT2D eigenvalue weighted by atomic mass is 10.0. The number of hydrogen-bond donors (Lipinski definition) is 0. The van der Waals surface area contributed by atoms with E-state index in [4.69, 9.17) is 4.74 Å². The van der Waals surface area contributed by atoms with Crippen molar-refractivity contribution in [1.29, 1.82) is 0 Å². The third-order valence-electron chi connectivity index (χ3n) is 4.41. The minimum Gasteiger partial charge on any atom is -0.497 e. The molecule has 0 spiro atoms. The number of anilines is 1. The highest BCUT2D eigenvalue weighted by atomic mass is 79.9. The number of rotatable bonds is 3. The summed E-state index contributed by atoms with van der Waals surface area (Å²) in [6, 6.07) is 15.0. The predicted molar refractivity (Wildman–Crippen MR) is 98.7 cm³/mol. The Hall–Kier alpha value is -2.60. The SMILES string of the molecule is COc1ccc(N2Cc3cncn3C(c3ccc(Br)cc3)C2=O)cc1. The summed E-state index contributed by atoms with van der Waals surface area (Å²) >= 11 is 3.44. The lowest BCUT2D eigenvalue weighted by molar-refractivity contribution is -0.121. The van der Waals surface area contributed by atoms with Crippen molar-refractivity contribution >= 4 is 27.5 Å². The molecule has 2 aromatic carbocycles. The van der Waals surface area contributed by atoms with Crippen molar-refractivity contribution in [3.63, 3.8) is 0 Å². The number of methoxy groups -OCH3 is 1. The van der Waals surface area contributed by atoms with Crippen LogP contribution in [0.1, 0.15) is 17.3 Å². The second kappa shape index (κ2) is 6.37. The first-order valence-electron chi connectivity index (χ1n) is 7.89. The van der Waals surface area contributed by atoms with Gasteiger partial charge in [-0.2, -0.15) is 0 Å². The minimum absolute atomic E-state index is 0.0259. The molecule has 6 heteroatoms. The average molecular weight is 398 g/mol. The van der Waals surface area contributed by atoms with Crippen LogP contribution in [-0.2, 0) is 11.3 Å². The van der Waals surface area contributed by atoms with Gasteiger partial charge in [-0.3, -0.25) is 4.79 Å². The molecule has 1 aromatic heterocycles. The lowest BCUT2D eigenvalue weighted by Gasteiger charge is -2.34. The Morgan fingerprint density at radius 3 is 2.52 bits per heavy atom. The Labute approximate surface area is 154 Å². The van der Waals surface area contributed by atoms with Gasteiger partial charge in [-0.15, -0.1) is 0 Å². The van der Waals surface area contributed by atoms with Gasteiger partial charge in [-0.25, -0.2) is 4.98 Å². The van der Waals surface area contributed by atoms with Crippen molar-refractivity contribution < 1.29 is 9.53 Å². The summed E-state index contributed by atoms with van der Waals surface area (Å²) in [5, 5.41) is 0. The standard InChI is InChI=1S/C19H16BrN3O2/c1-25-17-8-6-15(7-9-17)22-11-16-10-21-12-23(16)18(19(22)24)13-2-4-14(20)5-3-13/h2-10,12,18H,11H2,1H3. The maximum atomic E-state index is 13.3. The van der Waals surface area contributed by atoms with Crippen LogP contribution in [0.2, 0.25) is 0 Å². The number of fused-ring (bicyclic) bond motifs is 1. The number of carbonyl (C=O) groups excluding carboxylic acids is 1. The maximum Gasteiger partial charge on any atom is 0.255 e. The molecule has 0 radical (unpaired) electrons. The summed E-state index contributed by atoms with van der Waals surface area (Å²) in [6.45, 7) is 0.498. The van der Waals surface area contributed by atoms with Gasteiger partial charge < -0.3 is 14.2 Å². The van der Waals surface area contributed by atoms with Gasteiger partial charge in [-0.05, 0) is 42.0 Å². The van der Waals surface area contributed by atoms with Gasteiger partial charge in [0, 0.05) is 16.4 Å². The zero-order valence-corrected chi connectivity index (χ0v) is 15.2. The third-order valence-corrected chi connectivity index (χ3v) is 4.94. The molecule has 0 bridgehead atoms. The molecule has 0 fully saturated rings. The first-order valence-corrected chi connectivity index (χ1v) is 8.68. The van der Waals surface area contributed by atoms with E-state index < -0.39 is 6.04 Å². The van der Waals surface area contributed by atoms with E-state index >= 15 is 0 Å². The van der Waals surface area contributed by atoms with Crippen LogP contribution < -0.4 is 9.64 Å². The van der Waals surface area contributed by atoms with Gasteiger partial charge in [0.1, 0.15) is 11.8 Å². The van der Waals surface area contributed by atoms with Crippen LogP contribution in [0.25, 0.3) is 0 Å². The molecule has 2 heterocycles. The molecular formula is C19H16BrN3O2. The van der Waals surface area contributed by atoms with Crippen LogP contribution in [0.3, 0.4) is 0 Å². The van der Waals surface area contributed by atoms with Crippen LogP contribution in [0, 0.1) is 0 Å². The fourth-order valence-corrected chi connectivity index (χ4v) is 3.39. The molecule has 1 amide bonds. The zero-order chi connectivity index (χ0) is 17.4. The largest absolute Gasteiger partial charge is 0.497 e. The van der Waals surface area contributed by atoms with E-state index in [1.165, 1.54) is 0 Å². The van der Waals surface area contributed by atoms with Crippen molar-refractivity contribution in [2.75, 3.05) is 12.0 Å². The molecule has 1 unspecified atom stereocenters. The van der Waals surface area contributed by atoms with Crippen molar-refractivity contribution in [3.8, 4) is 5.75 Å². The van der Waals surface area contributed by atoms with E-state index in [1.54, 1.807) is 18.3 Å². The molecule has 3 aromatic rings. The normalized spacial score (nSPS) is 16.6. The van der Waals surface area contributed by atoms with Crippen LogP contribution >= 0.6 is 15.9 Å². The van der Waals surface area contributed by atoms with E-state index in [1.807, 2.05) is 59.3 Å². The van der Waals surface area contributed by atoms with Crippen molar-refractivity contribution in [2.24, 2.45) is 0 Å². The van der Waals surface area contributed by atoms with E-state index in [2.05, 4.69) is 20.9 Å². The predicted octanol–water partition coefficient (Wildman–Crippen LogP) is 3.79. The molecule has 25 heavy (non-hydrogen) atoms. The summed E-state index contributed by atoms with van der Waals surface area (Å²) < 4.78 is 8.14. The summed E-state index contributed by atoms with van der Waals surface area (Å²) in [5.74, 6) is 0.792. The summed E-state index contributed by atoms with van der Waals surface area (Å²) in [5.41, 5.74) is 2.79. The molecule has 1 atom stereocenters. The Morgan fingerprint density at radius 2 is 1.84 bits per heavy atom. The van der Waals surface area contributed by atoms with Crippen LogP contribution in [0.5, 0.6) is 5.75 Å². The van der Waals surface area contributed by atoms with Crippen LogP contribution in [0.15, 0.2) is 65.5 Å². The number of amides is 1. The molecule has 4 rings (SSSR count). The molecule has 0 aliphatic carbocycles. The Kier molecular flexibility index (Phi) is 4.05. The van der Waals surface area contributed by atoms with Gasteiger partial charge in [0.2, 0.25) is 0 Å². The van der Waals surface area contributed by atoms with Gasteiger partial charge >= 0.3 is 0 Å². The number of nitrogens with zero attached hydrogens (tertiary/aromatic N) is 3.